The number of carbonyl (C=O) groups excluding carboxylic acids is 1. The monoisotopic (exact) mass is 458 g/mol. The van der Waals surface area contributed by atoms with Gasteiger partial charge in [0.1, 0.15) is 0 Å². The molecule has 0 atom stereocenters. The molecule has 0 spiro atoms. The molecule has 1 amide bonds. The first-order chi connectivity index (χ1) is 15.2. The number of hydrogen-bond acceptors (Lipinski definition) is 4. The van der Waals surface area contributed by atoms with Crippen LogP contribution in [-0.2, 0) is 12.7 Å². The predicted molar refractivity (Wildman–Crippen MR) is 119 cm³/mol. The van der Waals surface area contributed by atoms with Gasteiger partial charge in [-0.05, 0) is 61.7 Å². The first-order valence-corrected chi connectivity index (χ1v) is 10.9. The maximum Gasteiger partial charge on any atom is 0.416 e. The summed E-state index contributed by atoms with van der Waals surface area (Å²) in [6.07, 6.45) is 1.41. The van der Waals surface area contributed by atoms with E-state index in [0.717, 1.165) is 33.5 Å². The van der Waals surface area contributed by atoms with E-state index < -0.39 is 11.7 Å². The minimum Gasteiger partial charge on any atom is -0.337 e. The molecule has 0 unspecified atom stereocenters. The highest BCUT2D eigenvalue weighted by atomic mass is 32.1. The summed E-state index contributed by atoms with van der Waals surface area (Å²) in [5.41, 5.74) is 2.39. The summed E-state index contributed by atoms with van der Waals surface area (Å²) in [7, 11) is 0. The zero-order valence-corrected chi connectivity index (χ0v) is 18.4. The van der Waals surface area contributed by atoms with Crippen LogP contribution in [0.15, 0.2) is 55.1 Å². The summed E-state index contributed by atoms with van der Waals surface area (Å²) in [5, 5.41) is 0.532. The summed E-state index contributed by atoms with van der Waals surface area (Å²) in [4.78, 5) is 23.6. The first-order valence-electron chi connectivity index (χ1n) is 10.1. The second kappa shape index (κ2) is 8.74. The molecule has 0 aliphatic rings. The maximum absolute atomic E-state index is 13.3. The molecule has 2 aromatic heterocycles. The Labute approximate surface area is 187 Å². The highest BCUT2D eigenvalue weighted by Gasteiger charge is 2.30. The number of thiazole rings is 1. The fourth-order valence-corrected chi connectivity index (χ4v) is 4.45. The second-order valence-electron chi connectivity index (χ2n) is 7.54. The van der Waals surface area contributed by atoms with E-state index in [1.165, 1.54) is 23.5 Å². The zero-order chi connectivity index (χ0) is 22.9. The standard InChI is InChI=1S/C23H21F3N4OS/c1-15-4-9-19-20(16(15)2)28-22(32-19)30(12-3-11-29-13-10-27-14-29)21(31)17-5-7-18(8-6-17)23(24,25)26/h4-10,13-14H,3,11-12H2,1-2H3. The van der Waals surface area contributed by atoms with Gasteiger partial charge in [-0.1, -0.05) is 17.4 Å². The van der Waals surface area contributed by atoms with Crippen LogP contribution in [0.5, 0.6) is 0 Å². The van der Waals surface area contributed by atoms with Crippen LogP contribution in [0.4, 0.5) is 18.3 Å². The number of anilines is 1. The highest BCUT2D eigenvalue weighted by Crippen LogP contribution is 2.33. The summed E-state index contributed by atoms with van der Waals surface area (Å²) in [6.45, 7) is 5.02. The van der Waals surface area contributed by atoms with E-state index in [4.69, 9.17) is 4.98 Å². The van der Waals surface area contributed by atoms with Gasteiger partial charge in [0, 0.05) is 31.0 Å². The molecule has 0 aliphatic heterocycles. The molecule has 0 fully saturated rings. The minimum absolute atomic E-state index is 0.188. The van der Waals surface area contributed by atoms with Crippen LogP contribution in [-0.4, -0.2) is 27.0 Å². The number of nitrogens with zero attached hydrogens (tertiary/aromatic N) is 4. The third-order valence-corrected chi connectivity index (χ3v) is 6.41. The molecule has 32 heavy (non-hydrogen) atoms. The second-order valence-corrected chi connectivity index (χ2v) is 8.55. The fourth-order valence-electron chi connectivity index (χ4n) is 3.40. The van der Waals surface area contributed by atoms with Crippen molar-refractivity contribution >= 4 is 32.6 Å². The van der Waals surface area contributed by atoms with E-state index in [1.54, 1.807) is 17.4 Å². The van der Waals surface area contributed by atoms with Crippen molar-refractivity contribution in [2.24, 2.45) is 0 Å². The lowest BCUT2D eigenvalue weighted by Crippen LogP contribution is -2.32. The normalized spacial score (nSPS) is 11.8. The number of rotatable bonds is 6. The van der Waals surface area contributed by atoms with Gasteiger partial charge in [-0.2, -0.15) is 13.2 Å². The number of benzene rings is 2. The summed E-state index contributed by atoms with van der Waals surface area (Å²) < 4.78 is 41.6. The molecule has 166 valence electrons. The SMILES string of the molecule is Cc1ccc2sc(N(CCCn3ccnc3)C(=O)c3ccc(C(F)(F)F)cc3)nc2c1C. The molecule has 4 aromatic rings. The Morgan fingerprint density at radius 3 is 2.53 bits per heavy atom. The molecule has 0 radical (unpaired) electrons. The Morgan fingerprint density at radius 1 is 1.12 bits per heavy atom. The van der Waals surface area contributed by atoms with Crippen LogP contribution in [0, 0.1) is 13.8 Å². The Bertz CT molecular complexity index is 1230. The van der Waals surface area contributed by atoms with Crippen LogP contribution >= 0.6 is 11.3 Å². The van der Waals surface area contributed by atoms with Crippen LogP contribution in [0.2, 0.25) is 0 Å². The van der Waals surface area contributed by atoms with Crippen LogP contribution in [0.3, 0.4) is 0 Å². The number of halogens is 3. The van der Waals surface area contributed by atoms with E-state index in [0.29, 0.717) is 24.6 Å². The van der Waals surface area contributed by atoms with Crippen molar-refractivity contribution < 1.29 is 18.0 Å². The Morgan fingerprint density at radius 2 is 1.88 bits per heavy atom. The van der Waals surface area contributed by atoms with Gasteiger partial charge in [0.15, 0.2) is 5.13 Å². The number of carbonyl (C=O) groups is 1. The first kappa shape index (κ1) is 22.0. The Kier molecular flexibility index (Phi) is 6.01. The van der Waals surface area contributed by atoms with Gasteiger partial charge >= 0.3 is 6.18 Å². The van der Waals surface area contributed by atoms with Crippen molar-refractivity contribution in [3.05, 3.63) is 77.4 Å². The topological polar surface area (TPSA) is 51.0 Å². The van der Waals surface area contributed by atoms with Crippen molar-refractivity contribution in [2.75, 3.05) is 11.4 Å². The van der Waals surface area contributed by atoms with Crippen molar-refractivity contribution in [3.8, 4) is 0 Å². The van der Waals surface area contributed by atoms with Crippen LogP contribution in [0.25, 0.3) is 10.2 Å². The molecule has 0 N–H and O–H groups in total. The van der Waals surface area contributed by atoms with E-state index in [9.17, 15) is 18.0 Å². The lowest BCUT2D eigenvalue weighted by molar-refractivity contribution is -0.137. The molecule has 4 rings (SSSR count). The molecular weight excluding hydrogens is 437 g/mol. The van der Waals surface area contributed by atoms with Gasteiger partial charge in [0.25, 0.3) is 5.91 Å². The highest BCUT2D eigenvalue weighted by molar-refractivity contribution is 7.22. The third-order valence-electron chi connectivity index (χ3n) is 5.37. The number of fused-ring (bicyclic) bond motifs is 1. The molecule has 9 heteroatoms. The molecule has 0 aliphatic carbocycles. The summed E-state index contributed by atoms with van der Waals surface area (Å²) in [5.74, 6) is -0.377. The summed E-state index contributed by atoms with van der Waals surface area (Å²) >= 11 is 1.40. The zero-order valence-electron chi connectivity index (χ0n) is 17.6. The number of aromatic nitrogens is 3. The molecule has 5 nitrogen and oxygen atoms in total. The maximum atomic E-state index is 13.3. The number of amides is 1. The van der Waals surface area contributed by atoms with E-state index >= 15 is 0 Å². The quantitative estimate of drug-likeness (QED) is 0.363. The molecule has 2 heterocycles. The van der Waals surface area contributed by atoms with E-state index in [-0.39, 0.29) is 11.5 Å². The van der Waals surface area contributed by atoms with E-state index in [2.05, 4.69) is 4.98 Å². The minimum atomic E-state index is -4.45. The van der Waals surface area contributed by atoms with Gasteiger partial charge in [-0.25, -0.2) is 9.97 Å². The van der Waals surface area contributed by atoms with Gasteiger partial charge in [-0.3, -0.25) is 9.69 Å². The smallest absolute Gasteiger partial charge is 0.337 e. The fraction of sp³-hybridized carbons (Fsp3) is 0.261. The predicted octanol–water partition coefficient (Wildman–Crippen LogP) is 5.87. The lowest BCUT2D eigenvalue weighted by atomic mass is 10.1. The number of hydrogen-bond donors (Lipinski definition) is 0. The van der Waals surface area contributed by atoms with Gasteiger partial charge in [0.05, 0.1) is 22.1 Å². The van der Waals surface area contributed by atoms with E-state index in [1.807, 2.05) is 36.7 Å². The largest absolute Gasteiger partial charge is 0.416 e. The van der Waals surface area contributed by atoms with Crippen LogP contribution in [0.1, 0.15) is 33.5 Å². The van der Waals surface area contributed by atoms with Gasteiger partial charge in [-0.15, -0.1) is 0 Å². The third kappa shape index (κ3) is 4.52. The number of imidazole rings is 1. The molecule has 0 bridgehead atoms. The van der Waals surface area contributed by atoms with Crippen molar-refractivity contribution in [1.82, 2.24) is 14.5 Å². The van der Waals surface area contributed by atoms with Crippen molar-refractivity contribution in [2.45, 2.75) is 33.0 Å². The molecule has 0 saturated heterocycles. The van der Waals surface area contributed by atoms with Crippen LogP contribution < -0.4 is 4.90 Å². The average molecular weight is 459 g/mol. The molecular formula is C23H21F3N4OS. The Balaban J connectivity index is 1.65. The average Bonchev–Trinajstić information content (AvgIpc) is 3.43. The molecule has 0 saturated carbocycles. The van der Waals surface area contributed by atoms with Gasteiger partial charge in [0.2, 0.25) is 0 Å². The van der Waals surface area contributed by atoms with Gasteiger partial charge < -0.3 is 4.57 Å². The Hall–Kier alpha value is -3.20. The van der Waals surface area contributed by atoms with Crippen molar-refractivity contribution in [1.29, 1.82) is 0 Å². The number of aryl methyl sites for hydroxylation is 3. The number of alkyl halides is 3. The lowest BCUT2D eigenvalue weighted by Gasteiger charge is -2.20. The molecule has 2 aromatic carbocycles. The van der Waals surface area contributed by atoms with Crippen molar-refractivity contribution in [3.63, 3.8) is 0 Å². The summed E-state index contributed by atoms with van der Waals surface area (Å²) in [6, 6.07) is 8.30.